The maximum Gasteiger partial charge on any atom is 0.256 e. The van der Waals surface area contributed by atoms with E-state index < -0.39 is 5.91 Å². The second kappa shape index (κ2) is 9.13. The molecule has 2 amide bonds. The van der Waals surface area contributed by atoms with E-state index in [4.69, 9.17) is 10.5 Å². The van der Waals surface area contributed by atoms with Crippen molar-refractivity contribution >= 4 is 28.2 Å². The zero-order valence-electron chi connectivity index (χ0n) is 16.6. The molecule has 0 saturated carbocycles. The maximum absolute atomic E-state index is 12.8. The fourth-order valence-corrected chi connectivity index (χ4v) is 5.00. The minimum absolute atomic E-state index is 0.261. The summed E-state index contributed by atoms with van der Waals surface area (Å²) in [7, 11) is 0. The molecule has 3 N–H and O–H groups in total. The number of nitrogens with two attached hydrogens (primary N) is 1. The number of benzene rings is 2. The average Bonchev–Trinajstić information content (AvgIpc) is 2.94. The van der Waals surface area contributed by atoms with E-state index in [0.29, 0.717) is 28.5 Å². The first kappa shape index (κ1) is 20.2. The summed E-state index contributed by atoms with van der Waals surface area (Å²) in [5.74, 6) is -0.0473. The highest BCUT2D eigenvalue weighted by molar-refractivity contribution is 7.17. The highest BCUT2D eigenvalue weighted by Gasteiger charge is 2.24. The number of hydrogen-bond donors (Lipinski definition) is 2. The van der Waals surface area contributed by atoms with Crippen LogP contribution in [0.15, 0.2) is 54.6 Å². The van der Waals surface area contributed by atoms with Crippen molar-refractivity contribution in [2.75, 3.05) is 5.32 Å². The molecule has 6 heteroatoms. The van der Waals surface area contributed by atoms with Crippen molar-refractivity contribution < 1.29 is 14.3 Å². The van der Waals surface area contributed by atoms with Crippen LogP contribution in [0.5, 0.6) is 5.75 Å². The van der Waals surface area contributed by atoms with Crippen molar-refractivity contribution in [3.05, 3.63) is 81.7 Å². The minimum Gasteiger partial charge on any atom is -0.489 e. The molecule has 4 rings (SSSR count). The van der Waals surface area contributed by atoms with Crippen LogP contribution in [-0.2, 0) is 19.4 Å². The first-order valence-electron chi connectivity index (χ1n) is 10.1. The molecule has 0 unspecified atom stereocenters. The third-order valence-corrected chi connectivity index (χ3v) is 6.47. The largest absolute Gasteiger partial charge is 0.489 e. The Morgan fingerprint density at radius 2 is 1.70 bits per heavy atom. The van der Waals surface area contributed by atoms with Crippen molar-refractivity contribution in [1.82, 2.24) is 0 Å². The molecule has 5 nitrogen and oxygen atoms in total. The third kappa shape index (κ3) is 4.54. The average molecular weight is 421 g/mol. The zero-order chi connectivity index (χ0) is 20.9. The normalized spacial score (nSPS) is 13.2. The van der Waals surface area contributed by atoms with Crippen LogP contribution < -0.4 is 15.8 Å². The number of carbonyl (C=O) groups excluding carboxylic acids is 2. The van der Waals surface area contributed by atoms with E-state index in [1.54, 1.807) is 24.3 Å². The second-order valence-corrected chi connectivity index (χ2v) is 8.49. The van der Waals surface area contributed by atoms with E-state index in [0.717, 1.165) is 43.2 Å². The van der Waals surface area contributed by atoms with Gasteiger partial charge in [-0.05, 0) is 61.1 Å². The Labute approximate surface area is 179 Å². The van der Waals surface area contributed by atoms with Gasteiger partial charge in [0.1, 0.15) is 17.4 Å². The summed E-state index contributed by atoms with van der Waals surface area (Å²) >= 11 is 1.48. The van der Waals surface area contributed by atoms with Crippen molar-refractivity contribution in [3.63, 3.8) is 0 Å². The van der Waals surface area contributed by atoms with Gasteiger partial charge in [-0.1, -0.05) is 36.8 Å². The lowest BCUT2D eigenvalue weighted by Crippen LogP contribution is -2.18. The molecule has 30 heavy (non-hydrogen) atoms. The summed E-state index contributed by atoms with van der Waals surface area (Å²) in [4.78, 5) is 26.0. The van der Waals surface area contributed by atoms with Gasteiger partial charge in [0.2, 0.25) is 0 Å². The van der Waals surface area contributed by atoms with E-state index in [9.17, 15) is 9.59 Å². The van der Waals surface area contributed by atoms with Crippen LogP contribution in [0.1, 0.15) is 56.0 Å². The number of ether oxygens (including phenoxy) is 1. The van der Waals surface area contributed by atoms with Crippen LogP contribution in [0.3, 0.4) is 0 Å². The SMILES string of the molecule is NC(=O)c1c(NC(=O)c2ccc(OCc3ccccc3)cc2)sc2c1CCCCC2. The number of aryl methyl sites for hydroxylation is 1. The Kier molecular flexibility index (Phi) is 6.14. The summed E-state index contributed by atoms with van der Waals surface area (Å²) in [5.41, 5.74) is 8.73. The first-order chi connectivity index (χ1) is 14.6. The van der Waals surface area contributed by atoms with Gasteiger partial charge in [-0.25, -0.2) is 0 Å². The quantitative estimate of drug-likeness (QED) is 0.554. The van der Waals surface area contributed by atoms with Gasteiger partial charge in [0.25, 0.3) is 11.8 Å². The Hall–Kier alpha value is -3.12. The van der Waals surface area contributed by atoms with E-state index in [1.807, 2.05) is 30.3 Å². The predicted octanol–water partition coefficient (Wildman–Crippen LogP) is 4.95. The lowest BCUT2D eigenvalue weighted by molar-refractivity contribution is 0.100. The molecular formula is C24H24N2O3S. The van der Waals surface area contributed by atoms with Crippen LogP contribution >= 0.6 is 11.3 Å². The number of fused-ring (bicyclic) bond motifs is 1. The van der Waals surface area contributed by atoms with Crippen LogP contribution in [0.4, 0.5) is 5.00 Å². The highest BCUT2D eigenvalue weighted by Crippen LogP contribution is 2.37. The summed E-state index contributed by atoms with van der Waals surface area (Å²) < 4.78 is 5.77. The Bertz CT molecular complexity index is 1040. The van der Waals surface area contributed by atoms with Crippen molar-refractivity contribution in [3.8, 4) is 5.75 Å². The smallest absolute Gasteiger partial charge is 0.256 e. The number of nitrogens with one attached hydrogen (secondary N) is 1. The van der Waals surface area contributed by atoms with E-state index in [1.165, 1.54) is 16.2 Å². The monoisotopic (exact) mass is 420 g/mol. The fourth-order valence-electron chi connectivity index (χ4n) is 3.71. The van der Waals surface area contributed by atoms with Crippen LogP contribution in [0.25, 0.3) is 0 Å². The molecule has 0 atom stereocenters. The molecule has 2 aromatic carbocycles. The van der Waals surface area contributed by atoms with Crippen molar-refractivity contribution in [2.24, 2.45) is 5.73 Å². The summed E-state index contributed by atoms with van der Waals surface area (Å²) in [6, 6.07) is 16.9. The number of primary amides is 1. The van der Waals surface area contributed by atoms with Gasteiger partial charge in [0.05, 0.1) is 5.56 Å². The molecule has 1 heterocycles. The Morgan fingerprint density at radius 1 is 0.967 bits per heavy atom. The number of thiophene rings is 1. The maximum atomic E-state index is 12.8. The molecule has 3 aromatic rings. The lowest BCUT2D eigenvalue weighted by atomic mass is 10.1. The Balaban J connectivity index is 1.46. The third-order valence-electron chi connectivity index (χ3n) is 5.26. The summed E-state index contributed by atoms with van der Waals surface area (Å²) in [6.45, 7) is 0.467. The van der Waals surface area contributed by atoms with E-state index in [2.05, 4.69) is 5.32 Å². The molecule has 0 saturated heterocycles. The van der Waals surface area contributed by atoms with Gasteiger partial charge in [0.15, 0.2) is 0 Å². The molecule has 154 valence electrons. The standard InChI is InChI=1S/C24H24N2O3S/c25-22(27)21-19-9-5-2-6-10-20(19)30-24(21)26-23(28)17-11-13-18(14-12-17)29-15-16-7-3-1-4-8-16/h1,3-4,7-8,11-14H,2,5-6,9-10,15H2,(H2,25,27)(H,26,28). The van der Waals surface area contributed by atoms with E-state index in [-0.39, 0.29) is 5.91 Å². The van der Waals surface area contributed by atoms with Gasteiger partial charge in [0, 0.05) is 10.4 Å². The second-order valence-electron chi connectivity index (χ2n) is 7.39. The number of anilines is 1. The predicted molar refractivity (Wildman–Crippen MR) is 119 cm³/mol. The van der Waals surface area contributed by atoms with Crippen molar-refractivity contribution in [1.29, 1.82) is 0 Å². The molecule has 1 aromatic heterocycles. The van der Waals surface area contributed by atoms with Gasteiger partial charge in [-0.15, -0.1) is 11.3 Å². The zero-order valence-corrected chi connectivity index (χ0v) is 17.5. The van der Waals surface area contributed by atoms with Gasteiger partial charge >= 0.3 is 0 Å². The summed E-state index contributed by atoms with van der Waals surface area (Å²) in [5, 5.41) is 3.46. The molecule has 0 radical (unpaired) electrons. The van der Waals surface area contributed by atoms with Crippen LogP contribution in [0, 0.1) is 0 Å². The highest BCUT2D eigenvalue weighted by atomic mass is 32.1. The number of hydrogen-bond acceptors (Lipinski definition) is 4. The lowest BCUT2D eigenvalue weighted by Gasteiger charge is -2.08. The van der Waals surface area contributed by atoms with Gasteiger partial charge < -0.3 is 15.8 Å². The molecule has 1 aliphatic carbocycles. The number of rotatable bonds is 6. The fraction of sp³-hybridized carbons (Fsp3) is 0.250. The van der Waals surface area contributed by atoms with E-state index >= 15 is 0 Å². The molecule has 0 bridgehead atoms. The molecule has 0 spiro atoms. The summed E-state index contributed by atoms with van der Waals surface area (Å²) in [6.07, 6.45) is 5.07. The number of amides is 2. The first-order valence-corrected chi connectivity index (χ1v) is 11.0. The molecule has 0 fully saturated rings. The Morgan fingerprint density at radius 3 is 2.43 bits per heavy atom. The van der Waals surface area contributed by atoms with Crippen molar-refractivity contribution in [2.45, 2.75) is 38.7 Å². The van der Waals surface area contributed by atoms with Crippen LogP contribution in [-0.4, -0.2) is 11.8 Å². The molecule has 1 aliphatic rings. The topological polar surface area (TPSA) is 81.4 Å². The van der Waals surface area contributed by atoms with Gasteiger partial charge in [-0.3, -0.25) is 9.59 Å². The number of carbonyl (C=O) groups is 2. The minimum atomic E-state index is -0.477. The van der Waals surface area contributed by atoms with Crippen LogP contribution in [0.2, 0.25) is 0 Å². The molecular weight excluding hydrogens is 396 g/mol. The molecule has 0 aliphatic heterocycles. The van der Waals surface area contributed by atoms with Gasteiger partial charge in [-0.2, -0.15) is 0 Å².